The van der Waals surface area contributed by atoms with Crippen LogP contribution < -0.4 is 10.5 Å². The zero-order valence-electron chi connectivity index (χ0n) is 9.32. The summed E-state index contributed by atoms with van der Waals surface area (Å²) in [5.74, 6) is 0. The van der Waals surface area contributed by atoms with Gasteiger partial charge in [0.2, 0.25) is 10.0 Å². The van der Waals surface area contributed by atoms with Crippen LogP contribution in [0.4, 0.5) is 13.2 Å². The molecule has 2 heterocycles. The van der Waals surface area contributed by atoms with Gasteiger partial charge in [0.15, 0.2) is 0 Å². The summed E-state index contributed by atoms with van der Waals surface area (Å²) in [4.78, 5) is 0.714. The molecule has 106 valence electrons. The molecule has 0 atom stereocenters. The number of nitrogens with two attached hydrogens (primary N) is 1. The highest BCUT2D eigenvalue weighted by Crippen LogP contribution is 2.35. The Bertz CT molecular complexity index is 656. The van der Waals surface area contributed by atoms with Crippen molar-refractivity contribution in [1.29, 1.82) is 0 Å². The van der Waals surface area contributed by atoms with Gasteiger partial charge in [-0.2, -0.15) is 13.2 Å². The zero-order valence-corrected chi connectivity index (χ0v) is 11.8. The van der Waals surface area contributed by atoms with E-state index in [0.717, 1.165) is 15.4 Å². The summed E-state index contributed by atoms with van der Waals surface area (Å²) in [6.07, 6.45) is -4.24. The lowest BCUT2D eigenvalue weighted by atomic mass is 10.3. The molecular formula is C9H9F3N2O2S3. The van der Waals surface area contributed by atoms with Crippen molar-refractivity contribution >= 4 is 42.1 Å². The second-order valence-electron chi connectivity index (χ2n) is 3.78. The van der Waals surface area contributed by atoms with E-state index >= 15 is 0 Å². The van der Waals surface area contributed by atoms with Crippen LogP contribution in [0.15, 0.2) is 16.3 Å². The molecule has 0 radical (unpaired) electrons. The van der Waals surface area contributed by atoms with Crippen LogP contribution in [0.5, 0.6) is 0 Å². The Balaban J connectivity index is 2.09. The summed E-state index contributed by atoms with van der Waals surface area (Å²) in [5, 5.41) is 7.96. The smallest absolute Gasteiger partial charge is 0.304 e. The Hall–Kier alpha value is -0.680. The van der Waals surface area contributed by atoms with Gasteiger partial charge in [-0.15, -0.1) is 22.7 Å². The van der Waals surface area contributed by atoms with Gasteiger partial charge in [0.05, 0.1) is 10.6 Å². The molecule has 2 aromatic rings. The van der Waals surface area contributed by atoms with E-state index < -0.39 is 22.7 Å². The van der Waals surface area contributed by atoms with Gasteiger partial charge in [-0.1, -0.05) is 0 Å². The van der Waals surface area contributed by atoms with E-state index in [4.69, 9.17) is 5.14 Å². The third kappa shape index (κ3) is 3.89. The van der Waals surface area contributed by atoms with Crippen molar-refractivity contribution in [3.63, 3.8) is 0 Å². The molecule has 3 N–H and O–H groups in total. The average Bonchev–Trinajstić information content (AvgIpc) is 2.71. The van der Waals surface area contributed by atoms with Gasteiger partial charge in [-0.25, -0.2) is 13.6 Å². The van der Waals surface area contributed by atoms with Crippen LogP contribution in [-0.4, -0.2) is 21.1 Å². The normalized spacial score (nSPS) is 13.3. The van der Waals surface area contributed by atoms with Crippen molar-refractivity contribution in [2.45, 2.75) is 16.9 Å². The van der Waals surface area contributed by atoms with E-state index in [1.807, 2.05) is 0 Å². The molecule has 0 aliphatic rings. The first kappa shape index (κ1) is 14.7. The molecule has 0 aliphatic carbocycles. The van der Waals surface area contributed by atoms with E-state index in [9.17, 15) is 21.6 Å². The largest absolute Gasteiger partial charge is 0.401 e. The first-order valence-electron chi connectivity index (χ1n) is 4.98. The Labute approximate surface area is 115 Å². The van der Waals surface area contributed by atoms with Gasteiger partial charge < -0.3 is 5.32 Å². The van der Waals surface area contributed by atoms with Gasteiger partial charge in [0.25, 0.3) is 0 Å². The number of sulfonamides is 1. The number of hydrogen-bond acceptors (Lipinski definition) is 5. The minimum atomic E-state index is -4.24. The molecule has 2 rings (SSSR count). The van der Waals surface area contributed by atoms with Crippen LogP contribution in [-0.2, 0) is 16.6 Å². The van der Waals surface area contributed by atoms with Crippen molar-refractivity contribution in [2.24, 2.45) is 5.14 Å². The van der Waals surface area contributed by atoms with Gasteiger partial charge in [-0.05, 0) is 12.1 Å². The number of fused-ring (bicyclic) bond motifs is 1. The first-order valence-corrected chi connectivity index (χ1v) is 8.15. The van der Waals surface area contributed by atoms with Crippen molar-refractivity contribution < 1.29 is 21.6 Å². The maximum Gasteiger partial charge on any atom is 0.401 e. The molecule has 4 nitrogen and oxygen atoms in total. The van der Waals surface area contributed by atoms with Crippen LogP contribution in [0, 0.1) is 0 Å². The quantitative estimate of drug-likeness (QED) is 0.903. The molecule has 19 heavy (non-hydrogen) atoms. The molecule has 0 aliphatic heterocycles. The van der Waals surface area contributed by atoms with Crippen molar-refractivity contribution in [3.05, 3.63) is 17.0 Å². The van der Waals surface area contributed by atoms with Gasteiger partial charge in [0.1, 0.15) is 4.21 Å². The molecule has 0 aromatic carbocycles. The minimum Gasteiger partial charge on any atom is -0.304 e. The van der Waals surface area contributed by atoms with Gasteiger partial charge in [0, 0.05) is 16.8 Å². The third-order valence-corrected chi connectivity index (χ3v) is 5.96. The average molecular weight is 330 g/mol. The van der Waals surface area contributed by atoms with E-state index in [2.05, 4.69) is 5.32 Å². The number of primary sulfonamides is 1. The lowest BCUT2D eigenvalue weighted by Crippen LogP contribution is -2.27. The SMILES string of the molecule is NS(=O)(=O)c1cc2cc(CNCC(F)(F)F)sc2s1. The number of nitrogens with one attached hydrogen (secondary N) is 1. The first-order chi connectivity index (χ1) is 8.65. The summed E-state index contributed by atoms with van der Waals surface area (Å²) in [6, 6.07) is 3.09. The number of halogens is 3. The van der Waals surface area contributed by atoms with Gasteiger partial charge >= 0.3 is 6.18 Å². The van der Waals surface area contributed by atoms with Crippen LogP contribution in [0.2, 0.25) is 0 Å². The summed E-state index contributed by atoms with van der Waals surface area (Å²) in [6.45, 7) is -0.961. The molecule has 10 heteroatoms. The zero-order chi connectivity index (χ0) is 14.3. The summed E-state index contributed by atoms with van der Waals surface area (Å²) in [5.41, 5.74) is 0. The Morgan fingerprint density at radius 1 is 1.26 bits per heavy atom. The highest BCUT2D eigenvalue weighted by atomic mass is 32.2. The molecule has 0 spiro atoms. The maximum absolute atomic E-state index is 11.9. The summed E-state index contributed by atoms with van der Waals surface area (Å²) < 4.78 is 58.9. The van der Waals surface area contributed by atoms with E-state index in [1.54, 1.807) is 6.07 Å². The summed E-state index contributed by atoms with van der Waals surface area (Å²) >= 11 is 2.27. The fourth-order valence-corrected chi connectivity index (χ4v) is 4.78. The molecule has 0 saturated heterocycles. The van der Waals surface area contributed by atoms with Gasteiger partial charge in [-0.3, -0.25) is 0 Å². The van der Waals surface area contributed by atoms with Crippen LogP contribution in [0.1, 0.15) is 4.88 Å². The second kappa shape index (κ2) is 5.02. The predicted molar refractivity (Wildman–Crippen MR) is 68.8 cm³/mol. The van der Waals surface area contributed by atoms with E-state index in [0.29, 0.717) is 10.3 Å². The van der Waals surface area contributed by atoms with Crippen LogP contribution in [0.25, 0.3) is 9.40 Å². The number of hydrogen-bond donors (Lipinski definition) is 2. The second-order valence-corrected chi connectivity index (χ2v) is 8.02. The fraction of sp³-hybridized carbons (Fsp3) is 0.333. The van der Waals surface area contributed by atoms with E-state index in [1.165, 1.54) is 17.4 Å². The standard InChI is InChI=1S/C9H9F3N2O2S3/c10-9(11,12)4-14-3-6-1-5-2-7(19(13,15)16)18-8(5)17-6/h1-2,14H,3-4H2,(H2,13,15,16). The molecule has 0 bridgehead atoms. The van der Waals surface area contributed by atoms with Crippen molar-refractivity contribution in [2.75, 3.05) is 6.54 Å². The fourth-order valence-electron chi connectivity index (χ4n) is 1.42. The molecule has 0 saturated carbocycles. The monoisotopic (exact) mass is 330 g/mol. The molecule has 0 fully saturated rings. The van der Waals surface area contributed by atoms with Crippen LogP contribution in [0.3, 0.4) is 0 Å². The highest BCUT2D eigenvalue weighted by molar-refractivity contribution is 7.91. The third-order valence-electron chi connectivity index (χ3n) is 2.15. The maximum atomic E-state index is 11.9. The molecular weight excluding hydrogens is 321 g/mol. The summed E-state index contributed by atoms with van der Waals surface area (Å²) in [7, 11) is -3.72. The Morgan fingerprint density at radius 2 is 1.95 bits per heavy atom. The Morgan fingerprint density at radius 3 is 2.47 bits per heavy atom. The lowest BCUT2D eigenvalue weighted by molar-refractivity contribution is -0.125. The lowest BCUT2D eigenvalue weighted by Gasteiger charge is -2.06. The molecule has 0 unspecified atom stereocenters. The van der Waals surface area contributed by atoms with Crippen molar-refractivity contribution in [1.82, 2.24) is 5.32 Å². The minimum absolute atomic E-state index is 0.0588. The van der Waals surface area contributed by atoms with Crippen LogP contribution >= 0.6 is 22.7 Å². The number of rotatable bonds is 4. The van der Waals surface area contributed by atoms with Crippen molar-refractivity contribution in [3.8, 4) is 0 Å². The molecule has 2 aromatic heterocycles. The number of alkyl halides is 3. The topological polar surface area (TPSA) is 72.2 Å². The van der Waals surface area contributed by atoms with E-state index in [-0.39, 0.29) is 10.8 Å². The molecule has 0 amide bonds. The predicted octanol–water partition coefficient (Wildman–Crippen LogP) is 2.26. The highest BCUT2D eigenvalue weighted by Gasteiger charge is 2.26. The number of thiophene rings is 2. The Kier molecular flexibility index (Phi) is 3.89.